The van der Waals surface area contributed by atoms with Gasteiger partial charge in [-0.1, -0.05) is 24.6 Å². The zero-order chi connectivity index (χ0) is 15.7. The van der Waals surface area contributed by atoms with Gasteiger partial charge in [-0.3, -0.25) is 0 Å². The van der Waals surface area contributed by atoms with Gasteiger partial charge in [0.05, 0.1) is 10.5 Å². The van der Waals surface area contributed by atoms with Gasteiger partial charge in [0.15, 0.2) is 0 Å². The number of hydrogen-bond donors (Lipinski definition) is 2. The van der Waals surface area contributed by atoms with Gasteiger partial charge in [0.1, 0.15) is 0 Å². The molecule has 0 aromatic heterocycles. The van der Waals surface area contributed by atoms with Crippen molar-refractivity contribution in [2.45, 2.75) is 50.0 Å². The highest BCUT2D eigenvalue weighted by Crippen LogP contribution is 2.31. The van der Waals surface area contributed by atoms with E-state index in [9.17, 15) is 13.5 Å². The fourth-order valence-electron chi connectivity index (χ4n) is 2.66. The Labute approximate surface area is 131 Å². The minimum Gasteiger partial charge on any atom is -0.389 e. The summed E-state index contributed by atoms with van der Waals surface area (Å²) in [6.07, 6.45) is 3.11. The molecule has 1 fully saturated rings. The van der Waals surface area contributed by atoms with Gasteiger partial charge in [0, 0.05) is 11.6 Å². The predicted octanol–water partition coefficient (Wildman–Crippen LogP) is 2.87. The Balaban J connectivity index is 2.10. The molecule has 1 aliphatic carbocycles. The van der Waals surface area contributed by atoms with E-state index in [0.717, 1.165) is 12.8 Å². The summed E-state index contributed by atoms with van der Waals surface area (Å²) >= 11 is 5.97. The lowest BCUT2D eigenvalue weighted by Gasteiger charge is -2.34. The molecular formula is C15H22ClNO3S. The lowest BCUT2D eigenvalue weighted by molar-refractivity contribution is -0.00183. The molecule has 0 heterocycles. The highest BCUT2D eigenvalue weighted by molar-refractivity contribution is 7.89. The fourth-order valence-corrected chi connectivity index (χ4v) is 4.28. The van der Waals surface area contributed by atoms with Crippen LogP contribution in [0.3, 0.4) is 0 Å². The maximum atomic E-state index is 12.4. The minimum absolute atomic E-state index is 0.0496. The van der Waals surface area contributed by atoms with Crippen LogP contribution in [0.25, 0.3) is 0 Å². The molecule has 0 aliphatic heterocycles. The largest absolute Gasteiger partial charge is 0.389 e. The first-order valence-corrected chi connectivity index (χ1v) is 9.07. The van der Waals surface area contributed by atoms with Crippen molar-refractivity contribution in [1.82, 2.24) is 4.72 Å². The second kappa shape index (κ2) is 6.24. The fraction of sp³-hybridized carbons (Fsp3) is 0.600. The third kappa shape index (κ3) is 3.97. The number of hydrogen-bond acceptors (Lipinski definition) is 3. The molecule has 0 saturated heterocycles. The Hall–Kier alpha value is -0.620. The van der Waals surface area contributed by atoms with Crippen molar-refractivity contribution in [3.8, 4) is 0 Å². The van der Waals surface area contributed by atoms with Crippen LogP contribution in [0.5, 0.6) is 0 Å². The number of nitrogens with one attached hydrogen (secondary N) is 1. The molecule has 0 unspecified atom stereocenters. The van der Waals surface area contributed by atoms with E-state index in [-0.39, 0.29) is 11.4 Å². The standard InChI is InChI=1S/C15H22ClNO3S/c1-11-6-8-15(18,9-7-11)10-17-21(19,20)14-5-3-4-13(16)12(14)2/h3-5,11,17-18H,6-10H2,1-2H3. The van der Waals surface area contributed by atoms with Gasteiger partial charge >= 0.3 is 0 Å². The van der Waals surface area contributed by atoms with Gasteiger partial charge in [-0.15, -0.1) is 0 Å². The van der Waals surface area contributed by atoms with Crippen molar-refractivity contribution < 1.29 is 13.5 Å². The van der Waals surface area contributed by atoms with E-state index in [4.69, 9.17) is 11.6 Å². The zero-order valence-corrected chi connectivity index (χ0v) is 14.0. The highest BCUT2D eigenvalue weighted by atomic mass is 35.5. The molecule has 118 valence electrons. The maximum absolute atomic E-state index is 12.4. The molecule has 0 spiro atoms. The van der Waals surface area contributed by atoms with Crippen molar-refractivity contribution in [2.24, 2.45) is 5.92 Å². The second-order valence-electron chi connectivity index (χ2n) is 6.09. The van der Waals surface area contributed by atoms with E-state index in [1.54, 1.807) is 19.1 Å². The SMILES string of the molecule is Cc1c(Cl)cccc1S(=O)(=O)NCC1(O)CCC(C)CC1. The summed E-state index contributed by atoms with van der Waals surface area (Å²) in [5, 5.41) is 10.9. The maximum Gasteiger partial charge on any atom is 0.240 e. The Morgan fingerprint density at radius 1 is 1.38 bits per heavy atom. The van der Waals surface area contributed by atoms with Gasteiger partial charge in [0.2, 0.25) is 10.0 Å². The first-order valence-electron chi connectivity index (χ1n) is 7.21. The Morgan fingerprint density at radius 2 is 2.00 bits per heavy atom. The lowest BCUT2D eigenvalue weighted by atomic mass is 9.80. The van der Waals surface area contributed by atoms with Gasteiger partial charge in [-0.25, -0.2) is 13.1 Å². The van der Waals surface area contributed by atoms with Gasteiger partial charge in [-0.2, -0.15) is 0 Å². The summed E-state index contributed by atoms with van der Waals surface area (Å²) in [5.41, 5.74) is -0.414. The summed E-state index contributed by atoms with van der Waals surface area (Å²) in [7, 11) is -3.66. The van der Waals surface area contributed by atoms with Crippen LogP contribution in [0, 0.1) is 12.8 Å². The van der Waals surface area contributed by atoms with Crippen LogP contribution in [-0.4, -0.2) is 25.7 Å². The number of rotatable bonds is 4. The van der Waals surface area contributed by atoms with Crippen molar-refractivity contribution in [3.05, 3.63) is 28.8 Å². The molecule has 2 rings (SSSR count). The van der Waals surface area contributed by atoms with Gasteiger partial charge < -0.3 is 5.11 Å². The molecule has 0 bridgehead atoms. The van der Waals surface area contributed by atoms with Crippen molar-refractivity contribution >= 4 is 21.6 Å². The van der Waals surface area contributed by atoms with Crippen LogP contribution in [0.1, 0.15) is 38.2 Å². The van der Waals surface area contributed by atoms with Crippen LogP contribution in [-0.2, 0) is 10.0 Å². The lowest BCUT2D eigenvalue weighted by Crippen LogP contribution is -2.45. The smallest absolute Gasteiger partial charge is 0.240 e. The Morgan fingerprint density at radius 3 is 2.62 bits per heavy atom. The van der Waals surface area contributed by atoms with Crippen LogP contribution < -0.4 is 4.72 Å². The highest BCUT2D eigenvalue weighted by Gasteiger charge is 2.33. The van der Waals surface area contributed by atoms with E-state index in [1.165, 1.54) is 6.07 Å². The average molecular weight is 332 g/mol. The third-order valence-corrected chi connectivity index (χ3v) is 6.26. The summed E-state index contributed by atoms with van der Waals surface area (Å²) in [6, 6.07) is 4.80. The monoisotopic (exact) mass is 331 g/mol. The molecule has 1 saturated carbocycles. The molecule has 0 atom stereocenters. The van der Waals surface area contributed by atoms with E-state index in [2.05, 4.69) is 11.6 Å². The molecule has 1 aliphatic rings. The molecule has 4 nitrogen and oxygen atoms in total. The van der Waals surface area contributed by atoms with Gasteiger partial charge in [0.25, 0.3) is 0 Å². The van der Waals surface area contributed by atoms with Crippen molar-refractivity contribution in [3.63, 3.8) is 0 Å². The number of sulfonamides is 1. The summed E-state index contributed by atoms with van der Waals surface area (Å²) in [5.74, 6) is 0.594. The molecular weight excluding hydrogens is 310 g/mol. The predicted molar refractivity (Wildman–Crippen MR) is 84.0 cm³/mol. The van der Waals surface area contributed by atoms with Gasteiger partial charge in [-0.05, 0) is 56.2 Å². The zero-order valence-electron chi connectivity index (χ0n) is 12.4. The van der Waals surface area contributed by atoms with E-state index >= 15 is 0 Å². The Kier molecular flexibility index (Phi) is 4.98. The number of halogens is 1. The molecule has 0 radical (unpaired) electrons. The summed E-state index contributed by atoms with van der Waals surface area (Å²) in [6.45, 7) is 3.88. The van der Waals surface area contributed by atoms with E-state index in [1.807, 2.05) is 0 Å². The third-order valence-electron chi connectivity index (χ3n) is 4.30. The number of aliphatic hydroxyl groups is 1. The van der Waals surface area contributed by atoms with Crippen LogP contribution in [0.4, 0.5) is 0 Å². The summed E-state index contributed by atoms with van der Waals surface area (Å²) < 4.78 is 27.3. The normalized spacial score (nSPS) is 26.8. The number of benzene rings is 1. The topological polar surface area (TPSA) is 66.4 Å². The molecule has 21 heavy (non-hydrogen) atoms. The quantitative estimate of drug-likeness (QED) is 0.891. The molecule has 2 N–H and O–H groups in total. The van der Waals surface area contributed by atoms with Crippen LogP contribution in [0.15, 0.2) is 23.1 Å². The minimum atomic E-state index is -3.66. The van der Waals surface area contributed by atoms with E-state index < -0.39 is 15.6 Å². The van der Waals surface area contributed by atoms with Crippen LogP contribution >= 0.6 is 11.6 Å². The first-order chi connectivity index (χ1) is 9.73. The molecule has 1 aromatic carbocycles. The first kappa shape index (κ1) is 16.7. The van der Waals surface area contributed by atoms with Crippen LogP contribution in [0.2, 0.25) is 5.02 Å². The van der Waals surface area contributed by atoms with Crippen molar-refractivity contribution in [1.29, 1.82) is 0 Å². The molecule has 1 aromatic rings. The van der Waals surface area contributed by atoms with Crippen molar-refractivity contribution in [2.75, 3.05) is 6.54 Å². The Bertz CT molecular complexity index is 607. The summed E-state index contributed by atoms with van der Waals surface area (Å²) in [4.78, 5) is 0.169. The molecule has 0 amide bonds. The molecule has 6 heteroatoms. The average Bonchev–Trinajstić information content (AvgIpc) is 2.43. The second-order valence-corrected chi connectivity index (χ2v) is 8.24. The van der Waals surface area contributed by atoms with E-state index in [0.29, 0.717) is 29.3 Å².